The lowest BCUT2D eigenvalue weighted by Gasteiger charge is -2.14. The Morgan fingerprint density at radius 2 is 2.10 bits per heavy atom. The molecule has 0 spiro atoms. The molecular formula is C13H10BrClN2O3S. The summed E-state index contributed by atoms with van der Waals surface area (Å²) < 4.78 is 0.634. The summed E-state index contributed by atoms with van der Waals surface area (Å²) in [7, 11) is 0. The van der Waals surface area contributed by atoms with Gasteiger partial charge in [-0.3, -0.25) is 0 Å². The molecule has 0 radical (unpaired) electrons. The van der Waals surface area contributed by atoms with Gasteiger partial charge in [0.15, 0.2) is 6.04 Å². The Bertz CT molecular complexity index is 663. The summed E-state index contributed by atoms with van der Waals surface area (Å²) in [6.45, 7) is 0. The minimum absolute atomic E-state index is 0.499. The molecule has 2 amide bonds. The number of hydrogen-bond donors (Lipinski definition) is 3. The second kappa shape index (κ2) is 6.93. The fourth-order valence-electron chi connectivity index (χ4n) is 1.58. The van der Waals surface area contributed by atoms with Gasteiger partial charge in [0.2, 0.25) is 0 Å². The predicted octanol–water partition coefficient (Wildman–Crippen LogP) is 4.11. The Balaban J connectivity index is 2.06. The molecule has 5 nitrogen and oxygen atoms in total. The molecule has 1 aromatic carbocycles. The zero-order chi connectivity index (χ0) is 15.4. The van der Waals surface area contributed by atoms with E-state index < -0.39 is 18.0 Å². The van der Waals surface area contributed by atoms with Crippen molar-refractivity contribution >= 4 is 56.6 Å². The second-order valence-corrected chi connectivity index (χ2v) is 6.25. The lowest BCUT2D eigenvalue weighted by atomic mass is 10.2. The SMILES string of the molecule is O=C(Nc1ccc(Cl)c(Br)c1)NC(C(=O)O)c1cccs1. The second-order valence-electron chi connectivity index (χ2n) is 4.01. The molecule has 21 heavy (non-hydrogen) atoms. The van der Waals surface area contributed by atoms with E-state index in [-0.39, 0.29) is 0 Å². The predicted molar refractivity (Wildman–Crippen MR) is 86.0 cm³/mol. The summed E-state index contributed by atoms with van der Waals surface area (Å²) in [5.41, 5.74) is 0.499. The molecule has 110 valence electrons. The van der Waals surface area contributed by atoms with Crippen LogP contribution in [0.4, 0.5) is 10.5 Å². The maximum atomic E-state index is 11.9. The molecule has 8 heteroatoms. The Kier molecular flexibility index (Phi) is 5.22. The molecule has 1 atom stereocenters. The van der Waals surface area contributed by atoms with Crippen LogP contribution in [0.15, 0.2) is 40.2 Å². The van der Waals surface area contributed by atoms with Crippen molar-refractivity contribution in [1.82, 2.24) is 5.32 Å². The summed E-state index contributed by atoms with van der Waals surface area (Å²) in [5.74, 6) is -1.12. The smallest absolute Gasteiger partial charge is 0.331 e. The van der Waals surface area contributed by atoms with E-state index in [2.05, 4.69) is 26.6 Å². The van der Waals surface area contributed by atoms with Crippen molar-refractivity contribution in [1.29, 1.82) is 0 Å². The number of carbonyl (C=O) groups excluding carboxylic acids is 1. The van der Waals surface area contributed by atoms with Crippen LogP contribution in [0.1, 0.15) is 10.9 Å². The number of aliphatic carboxylic acids is 1. The number of urea groups is 1. The van der Waals surface area contributed by atoms with Crippen molar-refractivity contribution in [3.05, 3.63) is 50.1 Å². The quantitative estimate of drug-likeness (QED) is 0.736. The molecule has 1 aromatic heterocycles. The van der Waals surface area contributed by atoms with Crippen LogP contribution in [0.3, 0.4) is 0 Å². The van der Waals surface area contributed by atoms with Crippen molar-refractivity contribution in [2.75, 3.05) is 5.32 Å². The monoisotopic (exact) mass is 388 g/mol. The molecule has 1 heterocycles. The lowest BCUT2D eigenvalue weighted by Crippen LogP contribution is -2.36. The molecule has 0 aliphatic carbocycles. The van der Waals surface area contributed by atoms with E-state index in [0.29, 0.717) is 20.1 Å². The first-order chi connectivity index (χ1) is 9.97. The van der Waals surface area contributed by atoms with Crippen molar-refractivity contribution in [3.63, 3.8) is 0 Å². The Morgan fingerprint density at radius 3 is 2.67 bits per heavy atom. The largest absolute Gasteiger partial charge is 0.479 e. The minimum atomic E-state index is -1.12. The highest BCUT2D eigenvalue weighted by Gasteiger charge is 2.22. The zero-order valence-corrected chi connectivity index (χ0v) is 13.6. The van der Waals surface area contributed by atoms with Gasteiger partial charge in [0.1, 0.15) is 0 Å². The maximum Gasteiger partial charge on any atom is 0.331 e. The van der Waals surface area contributed by atoms with Crippen LogP contribution in [-0.4, -0.2) is 17.1 Å². The van der Waals surface area contributed by atoms with E-state index in [4.69, 9.17) is 11.6 Å². The van der Waals surface area contributed by atoms with E-state index in [1.165, 1.54) is 11.3 Å². The minimum Gasteiger partial charge on any atom is -0.479 e. The average molecular weight is 390 g/mol. The number of carboxylic acid groups (broad SMARTS) is 1. The van der Waals surface area contributed by atoms with Gasteiger partial charge < -0.3 is 15.7 Å². The standard InChI is InChI=1S/C13H10BrClN2O3S/c14-8-6-7(3-4-9(8)15)16-13(20)17-11(12(18)19)10-2-1-5-21-10/h1-6,11H,(H,18,19)(H2,16,17,20). The van der Waals surface area contributed by atoms with E-state index >= 15 is 0 Å². The van der Waals surface area contributed by atoms with Gasteiger partial charge in [-0.1, -0.05) is 17.7 Å². The van der Waals surface area contributed by atoms with Crippen molar-refractivity contribution in [3.8, 4) is 0 Å². The highest BCUT2D eigenvalue weighted by Crippen LogP contribution is 2.25. The molecule has 0 bridgehead atoms. The van der Waals surface area contributed by atoms with Crippen LogP contribution in [-0.2, 0) is 4.79 Å². The molecule has 0 fully saturated rings. The molecule has 2 aromatic rings. The zero-order valence-electron chi connectivity index (χ0n) is 10.5. The molecule has 1 unspecified atom stereocenters. The van der Waals surface area contributed by atoms with Crippen LogP contribution in [0.5, 0.6) is 0 Å². The van der Waals surface area contributed by atoms with Crippen LogP contribution in [0, 0.1) is 0 Å². The summed E-state index contributed by atoms with van der Waals surface area (Å²) in [6, 6.07) is 6.56. The average Bonchev–Trinajstić information content (AvgIpc) is 2.93. The third kappa shape index (κ3) is 4.20. The fraction of sp³-hybridized carbons (Fsp3) is 0.0769. The van der Waals surface area contributed by atoms with E-state index in [9.17, 15) is 14.7 Å². The van der Waals surface area contributed by atoms with Gasteiger partial charge in [-0.15, -0.1) is 11.3 Å². The number of thiophene rings is 1. The molecule has 0 aliphatic rings. The highest BCUT2D eigenvalue weighted by atomic mass is 79.9. The number of anilines is 1. The number of nitrogens with one attached hydrogen (secondary N) is 2. The van der Waals surface area contributed by atoms with Gasteiger partial charge in [0.05, 0.1) is 5.02 Å². The van der Waals surface area contributed by atoms with Crippen molar-refractivity contribution in [2.45, 2.75) is 6.04 Å². The Morgan fingerprint density at radius 1 is 1.33 bits per heavy atom. The van der Waals surface area contributed by atoms with Gasteiger partial charge in [-0.2, -0.15) is 0 Å². The molecule has 3 N–H and O–H groups in total. The number of hydrogen-bond acceptors (Lipinski definition) is 3. The van der Waals surface area contributed by atoms with Crippen LogP contribution < -0.4 is 10.6 Å². The first kappa shape index (κ1) is 15.8. The summed E-state index contributed by atoms with van der Waals surface area (Å²) in [4.78, 5) is 23.7. The van der Waals surface area contributed by atoms with Crippen LogP contribution in [0.2, 0.25) is 5.02 Å². The first-order valence-corrected chi connectivity index (χ1v) is 7.81. The molecule has 0 saturated heterocycles. The summed E-state index contributed by atoms with van der Waals surface area (Å²) >= 11 is 10.4. The van der Waals surface area contributed by atoms with Gasteiger partial charge in [0.25, 0.3) is 0 Å². The number of benzene rings is 1. The van der Waals surface area contributed by atoms with E-state index in [1.807, 2.05) is 0 Å². The summed E-state index contributed by atoms with van der Waals surface area (Å²) in [6.07, 6.45) is 0. The van der Waals surface area contributed by atoms with Gasteiger partial charge in [-0.05, 0) is 45.6 Å². The van der Waals surface area contributed by atoms with Crippen molar-refractivity contribution < 1.29 is 14.7 Å². The van der Waals surface area contributed by atoms with E-state index in [1.54, 1.807) is 35.7 Å². The normalized spacial score (nSPS) is 11.7. The number of rotatable bonds is 4. The topological polar surface area (TPSA) is 78.4 Å². The number of halogens is 2. The van der Waals surface area contributed by atoms with Crippen LogP contribution >= 0.6 is 38.9 Å². The number of amides is 2. The van der Waals surface area contributed by atoms with Gasteiger partial charge in [-0.25, -0.2) is 9.59 Å². The van der Waals surface area contributed by atoms with E-state index in [0.717, 1.165) is 0 Å². The molecule has 0 saturated carbocycles. The molecule has 0 aliphatic heterocycles. The van der Waals surface area contributed by atoms with Crippen LogP contribution in [0.25, 0.3) is 0 Å². The molecular weight excluding hydrogens is 380 g/mol. The highest BCUT2D eigenvalue weighted by molar-refractivity contribution is 9.10. The van der Waals surface area contributed by atoms with Crippen molar-refractivity contribution in [2.24, 2.45) is 0 Å². The van der Waals surface area contributed by atoms with Gasteiger partial charge in [0, 0.05) is 15.0 Å². The Labute approximate surface area is 138 Å². The Hall–Kier alpha value is -1.57. The number of carboxylic acids is 1. The first-order valence-electron chi connectivity index (χ1n) is 5.76. The molecule has 2 rings (SSSR count). The summed E-state index contributed by atoms with van der Waals surface area (Å²) in [5, 5.41) is 16.4. The third-order valence-electron chi connectivity index (χ3n) is 2.53. The third-order valence-corrected chi connectivity index (χ3v) is 4.68. The number of carbonyl (C=O) groups is 2. The fourth-order valence-corrected chi connectivity index (χ4v) is 2.85. The lowest BCUT2D eigenvalue weighted by molar-refractivity contribution is -0.139. The maximum absolute atomic E-state index is 11.9. The van der Waals surface area contributed by atoms with Gasteiger partial charge >= 0.3 is 12.0 Å².